The van der Waals surface area contributed by atoms with E-state index in [4.69, 9.17) is 4.42 Å². The van der Waals surface area contributed by atoms with Crippen LogP contribution in [0, 0.1) is 13.8 Å². The minimum atomic E-state index is -0.0443. The maximum Gasteiger partial charge on any atom is 0.274 e. The molecule has 0 aromatic carbocycles. The summed E-state index contributed by atoms with van der Waals surface area (Å²) in [4.78, 5) is 14.8. The van der Waals surface area contributed by atoms with Crippen molar-refractivity contribution in [1.29, 1.82) is 0 Å². The van der Waals surface area contributed by atoms with Gasteiger partial charge in [-0.2, -0.15) is 10.2 Å². The summed E-state index contributed by atoms with van der Waals surface area (Å²) in [5.74, 6) is 1.47. The summed E-state index contributed by atoms with van der Waals surface area (Å²) in [6.45, 7) is 5.38. The number of hydrogen-bond donors (Lipinski definition) is 1. The van der Waals surface area contributed by atoms with Gasteiger partial charge in [-0.1, -0.05) is 0 Å². The fourth-order valence-electron chi connectivity index (χ4n) is 3.36. The number of nitrogens with one attached hydrogen (secondary N) is 1. The van der Waals surface area contributed by atoms with E-state index in [9.17, 15) is 4.79 Å². The molecule has 1 aliphatic rings. The molecule has 0 bridgehead atoms. The van der Waals surface area contributed by atoms with Crippen molar-refractivity contribution in [2.24, 2.45) is 0 Å². The standard InChI is InChI=1S/C18H21N5O2/c1-12-9-19-22(10-12)11-14-4-3-7-23(14)18(24)16-8-15(20-21-16)17-6-5-13(2)25-17/h5-6,8-10,14H,3-4,7,11H2,1-2H3,(H,20,21)/t14-/m0/s1. The van der Waals surface area contributed by atoms with Gasteiger partial charge in [0.05, 0.1) is 18.8 Å². The Labute approximate surface area is 145 Å². The van der Waals surface area contributed by atoms with E-state index in [-0.39, 0.29) is 11.9 Å². The van der Waals surface area contributed by atoms with Gasteiger partial charge in [-0.15, -0.1) is 0 Å². The summed E-state index contributed by atoms with van der Waals surface area (Å²) >= 11 is 0. The minimum Gasteiger partial charge on any atom is -0.460 e. The molecule has 130 valence electrons. The Hall–Kier alpha value is -2.83. The summed E-state index contributed by atoms with van der Waals surface area (Å²) in [6, 6.07) is 5.67. The highest BCUT2D eigenvalue weighted by molar-refractivity contribution is 5.93. The zero-order valence-corrected chi connectivity index (χ0v) is 14.4. The summed E-state index contributed by atoms with van der Waals surface area (Å²) in [6.07, 6.45) is 5.84. The molecule has 1 saturated heterocycles. The van der Waals surface area contributed by atoms with Crippen LogP contribution < -0.4 is 0 Å². The Morgan fingerprint density at radius 1 is 1.40 bits per heavy atom. The van der Waals surface area contributed by atoms with Gasteiger partial charge in [0, 0.05) is 18.8 Å². The second kappa shape index (κ2) is 6.23. The highest BCUT2D eigenvalue weighted by Crippen LogP contribution is 2.24. The molecule has 1 N–H and O–H groups in total. The molecule has 4 rings (SSSR count). The number of aryl methyl sites for hydroxylation is 2. The number of carbonyl (C=O) groups excluding carboxylic acids is 1. The number of amides is 1. The number of nitrogens with zero attached hydrogens (tertiary/aromatic N) is 4. The van der Waals surface area contributed by atoms with E-state index >= 15 is 0 Å². The number of likely N-dealkylation sites (tertiary alicyclic amines) is 1. The predicted octanol–water partition coefficient (Wildman–Crippen LogP) is 2.79. The summed E-state index contributed by atoms with van der Waals surface area (Å²) < 4.78 is 7.49. The maximum absolute atomic E-state index is 12.9. The lowest BCUT2D eigenvalue weighted by atomic mass is 10.2. The van der Waals surface area contributed by atoms with Crippen LogP contribution in [0.4, 0.5) is 0 Å². The van der Waals surface area contributed by atoms with E-state index in [2.05, 4.69) is 15.3 Å². The molecule has 0 spiro atoms. The molecular formula is C18H21N5O2. The van der Waals surface area contributed by atoms with Gasteiger partial charge in [0.2, 0.25) is 0 Å². The number of furan rings is 1. The van der Waals surface area contributed by atoms with Crippen LogP contribution in [0.5, 0.6) is 0 Å². The quantitative estimate of drug-likeness (QED) is 0.792. The number of carbonyl (C=O) groups is 1. The number of aromatic nitrogens is 4. The monoisotopic (exact) mass is 339 g/mol. The smallest absolute Gasteiger partial charge is 0.274 e. The molecule has 4 heterocycles. The Balaban J connectivity index is 1.50. The first-order valence-electron chi connectivity index (χ1n) is 8.52. The average Bonchev–Trinajstić information content (AvgIpc) is 3.34. The third-order valence-corrected chi connectivity index (χ3v) is 4.60. The SMILES string of the molecule is Cc1cnn(C[C@@H]2CCCN2C(=O)c2cc(-c3ccc(C)o3)[nH]n2)c1. The van der Waals surface area contributed by atoms with Crippen molar-refractivity contribution in [3.05, 3.63) is 47.6 Å². The van der Waals surface area contributed by atoms with Crippen molar-refractivity contribution in [1.82, 2.24) is 24.9 Å². The van der Waals surface area contributed by atoms with Gasteiger partial charge in [0.1, 0.15) is 11.5 Å². The molecule has 0 aliphatic carbocycles. The second-order valence-electron chi connectivity index (χ2n) is 6.61. The van der Waals surface area contributed by atoms with Crippen LogP contribution in [0.25, 0.3) is 11.5 Å². The lowest BCUT2D eigenvalue weighted by Crippen LogP contribution is -2.38. The lowest BCUT2D eigenvalue weighted by Gasteiger charge is -2.23. The first-order valence-corrected chi connectivity index (χ1v) is 8.52. The van der Waals surface area contributed by atoms with E-state index in [1.165, 1.54) is 0 Å². The predicted molar refractivity (Wildman–Crippen MR) is 92.0 cm³/mol. The Morgan fingerprint density at radius 3 is 3.00 bits per heavy atom. The first kappa shape index (κ1) is 15.7. The lowest BCUT2D eigenvalue weighted by molar-refractivity contribution is 0.0715. The molecule has 1 fully saturated rings. The third-order valence-electron chi connectivity index (χ3n) is 4.60. The van der Waals surface area contributed by atoms with Crippen LogP contribution in [-0.2, 0) is 6.54 Å². The number of hydrogen-bond acceptors (Lipinski definition) is 4. The van der Waals surface area contributed by atoms with Crippen LogP contribution >= 0.6 is 0 Å². The summed E-state index contributed by atoms with van der Waals surface area (Å²) in [5.41, 5.74) is 2.27. The van der Waals surface area contributed by atoms with Crippen molar-refractivity contribution in [3.63, 3.8) is 0 Å². The van der Waals surface area contributed by atoms with Crippen LogP contribution in [0.15, 0.2) is 35.0 Å². The van der Waals surface area contributed by atoms with Crippen molar-refractivity contribution in [2.45, 2.75) is 39.3 Å². The first-order chi connectivity index (χ1) is 12.1. The Kier molecular flexibility index (Phi) is 3.91. The third kappa shape index (κ3) is 3.09. The van der Waals surface area contributed by atoms with Crippen molar-refractivity contribution < 1.29 is 9.21 Å². The van der Waals surface area contributed by atoms with Crippen molar-refractivity contribution in [2.75, 3.05) is 6.54 Å². The van der Waals surface area contributed by atoms with Crippen LogP contribution in [-0.4, -0.2) is 43.4 Å². The average molecular weight is 339 g/mol. The largest absolute Gasteiger partial charge is 0.460 e. The van der Waals surface area contributed by atoms with Crippen molar-refractivity contribution in [3.8, 4) is 11.5 Å². The normalized spacial score (nSPS) is 17.4. The van der Waals surface area contributed by atoms with Gasteiger partial charge in [0.25, 0.3) is 5.91 Å². The van der Waals surface area contributed by atoms with Gasteiger partial charge < -0.3 is 9.32 Å². The molecule has 0 unspecified atom stereocenters. The fraction of sp³-hybridized carbons (Fsp3) is 0.389. The van der Waals surface area contributed by atoms with E-state index in [1.807, 2.05) is 48.0 Å². The molecule has 1 amide bonds. The molecule has 3 aromatic rings. The van der Waals surface area contributed by atoms with E-state index in [0.29, 0.717) is 18.0 Å². The molecule has 1 atom stereocenters. The van der Waals surface area contributed by atoms with E-state index in [0.717, 1.165) is 36.4 Å². The highest BCUT2D eigenvalue weighted by atomic mass is 16.3. The van der Waals surface area contributed by atoms with E-state index < -0.39 is 0 Å². The molecule has 1 aliphatic heterocycles. The summed E-state index contributed by atoms with van der Waals surface area (Å²) in [7, 11) is 0. The van der Waals surface area contributed by atoms with Gasteiger partial charge >= 0.3 is 0 Å². The maximum atomic E-state index is 12.9. The van der Waals surface area contributed by atoms with Gasteiger partial charge in [-0.25, -0.2) is 0 Å². The van der Waals surface area contributed by atoms with Crippen LogP contribution in [0.3, 0.4) is 0 Å². The number of rotatable bonds is 4. The van der Waals surface area contributed by atoms with Gasteiger partial charge in [0.15, 0.2) is 11.5 Å². The van der Waals surface area contributed by atoms with Crippen LogP contribution in [0.1, 0.15) is 34.7 Å². The Bertz CT molecular complexity index is 891. The zero-order chi connectivity index (χ0) is 17.4. The van der Waals surface area contributed by atoms with Gasteiger partial charge in [-0.05, 0) is 44.4 Å². The number of aromatic amines is 1. The Morgan fingerprint density at radius 2 is 2.28 bits per heavy atom. The topological polar surface area (TPSA) is 80.0 Å². The van der Waals surface area contributed by atoms with Crippen molar-refractivity contribution >= 4 is 5.91 Å². The molecule has 0 radical (unpaired) electrons. The summed E-state index contributed by atoms with van der Waals surface area (Å²) in [5, 5.41) is 11.4. The van der Waals surface area contributed by atoms with E-state index in [1.54, 1.807) is 6.07 Å². The highest BCUT2D eigenvalue weighted by Gasteiger charge is 2.31. The molecule has 3 aromatic heterocycles. The fourth-order valence-corrected chi connectivity index (χ4v) is 3.36. The zero-order valence-electron chi connectivity index (χ0n) is 14.4. The second-order valence-corrected chi connectivity index (χ2v) is 6.61. The molecule has 0 saturated carbocycles. The van der Waals surface area contributed by atoms with Crippen LogP contribution in [0.2, 0.25) is 0 Å². The molecule has 25 heavy (non-hydrogen) atoms. The molecule has 7 heteroatoms. The molecule has 7 nitrogen and oxygen atoms in total. The van der Waals surface area contributed by atoms with Gasteiger partial charge in [-0.3, -0.25) is 14.6 Å². The minimum absolute atomic E-state index is 0.0443. The molecular weight excluding hydrogens is 318 g/mol. The number of H-pyrrole nitrogens is 1.